The molecule has 0 radical (unpaired) electrons. The van der Waals surface area contributed by atoms with E-state index in [-0.39, 0.29) is 11.3 Å². The molecule has 1 aromatic rings. The van der Waals surface area contributed by atoms with Crippen LogP contribution in [0.2, 0.25) is 0 Å². The molecule has 0 fully saturated rings. The normalized spacial score (nSPS) is 15.5. The maximum atomic E-state index is 13.4. The van der Waals surface area contributed by atoms with Crippen molar-refractivity contribution in [1.29, 1.82) is 0 Å². The number of alkyl halides is 3. The molecule has 0 aliphatic rings. The Morgan fingerprint density at radius 3 is 2.36 bits per heavy atom. The molecule has 0 aromatic heterocycles. The van der Waals surface area contributed by atoms with Crippen molar-refractivity contribution in [1.82, 2.24) is 4.72 Å². The van der Waals surface area contributed by atoms with Crippen LogP contribution in [0.15, 0.2) is 18.2 Å². The zero-order valence-electron chi connectivity index (χ0n) is 12.8. The van der Waals surface area contributed by atoms with Crippen molar-refractivity contribution in [3.8, 4) is 5.75 Å². The van der Waals surface area contributed by atoms with Gasteiger partial charge in [-0.3, -0.25) is 0 Å². The first-order valence-electron chi connectivity index (χ1n) is 6.57. The van der Waals surface area contributed by atoms with Crippen LogP contribution in [0.5, 0.6) is 5.75 Å². The fraction of sp³-hybridized carbons (Fsp3) is 0.571. The second-order valence-electron chi connectivity index (χ2n) is 5.81. The SMILES string of the molecule is CC(N[S+]([O-])C(C)(C)C)c1cc(F)ccc1OCC(F)(F)F. The summed E-state index contributed by atoms with van der Waals surface area (Å²) in [7, 11) is 0. The van der Waals surface area contributed by atoms with E-state index in [9.17, 15) is 22.1 Å². The first-order chi connectivity index (χ1) is 9.90. The number of ether oxygens (including phenoxy) is 1. The van der Waals surface area contributed by atoms with Crippen LogP contribution < -0.4 is 9.46 Å². The van der Waals surface area contributed by atoms with Gasteiger partial charge in [-0.05, 0) is 45.9 Å². The Morgan fingerprint density at radius 1 is 1.27 bits per heavy atom. The van der Waals surface area contributed by atoms with Crippen LogP contribution in [0, 0.1) is 5.82 Å². The monoisotopic (exact) mass is 341 g/mol. The average Bonchev–Trinajstić information content (AvgIpc) is 2.34. The Kier molecular flexibility index (Phi) is 6.11. The summed E-state index contributed by atoms with van der Waals surface area (Å²) in [6.45, 7) is 5.35. The summed E-state index contributed by atoms with van der Waals surface area (Å²) in [6, 6.07) is 2.58. The van der Waals surface area contributed by atoms with E-state index >= 15 is 0 Å². The highest BCUT2D eigenvalue weighted by Gasteiger charge is 2.31. The lowest BCUT2D eigenvalue weighted by Gasteiger charge is -2.27. The van der Waals surface area contributed by atoms with Crippen LogP contribution in [0.4, 0.5) is 17.6 Å². The molecule has 0 bridgehead atoms. The Bertz CT molecular complexity index is 503. The molecule has 3 nitrogen and oxygen atoms in total. The van der Waals surface area contributed by atoms with Crippen LogP contribution in [0.25, 0.3) is 0 Å². The van der Waals surface area contributed by atoms with Crippen LogP contribution in [0.3, 0.4) is 0 Å². The Labute approximate surface area is 130 Å². The predicted octanol–water partition coefficient (Wildman–Crippen LogP) is 3.88. The summed E-state index contributed by atoms with van der Waals surface area (Å²) < 4.78 is 69.1. The molecule has 2 atom stereocenters. The lowest BCUT2D eigenvalue weighted by Crippen LogP contribution is -2.40. The molecule has 1 rings (SSSR count). The summed E-state index contributed by atoms with van der Waals surface area (Å²) in [5.41, 5.74) is 0.182. The van der Waals surface area contributed by atoms with Gasteiger partial charge in [-0.1, -0.05) is 0 Å². The fourth-order valence-corrected chi connectivity index (χ4v) is 2.35. The summed E-state index contributed by atoms with van der Waals surface area (Å²) >= 11 is -1.45. The van der Waals surface area contributed by atoms with Gasteiger partial charge in [-0.25, -0.2) is 4.39 Å². The minimum Gasteiger partial charge on any atom is -0.598 e. The molecule has 0 heterocycles. The van der Waals surface area contributed by atoms with Gasteiger partial charge in [0, 0.05) is 16.9 Å². The third-order valence-corrected chi connectivity index (χ3v) is 4.35. The smallest absolute Gasteiger partial charge is 0.422 e. The van der Waals surface area contributed by atoms with Crippen molar-refractivity contribution in [3.63, 3.8) is 0 Å². The molecule has 1 aromatic carbocycles. The third kappa shape index (κ3) is 6.02. The number of benzene rings is 1. The zero-order valence-corrected chi connectivity index (χ0v) is 13.6. The van der Waals surface area contributed by atoms with E-state index in [0.29, 0.717) is 0 Å². The lowest BCUT2D eigenvalue weighted by molar-refractivity contribution is -0.153. The van der Waals surface area contributed by atoms with E-state index < -0.39 is 40.8 Å². The molecule has 8 heteroatoms. The second-order valence-corrected chi connectivity index (χ2v) is 7.80. The molecular formula is C14H19F4NO2S. The summed E-state index contributed by atoms with van der Waals surface area (Å²) in [5.74, 6) is -0.700. The predicted molar refractivity (Wildman–Crippen MR) is 77.4 cm³/mol. The van der Waals surface area contributed by atoms with Crippen LogP contribution in [-0.4, -0.2) is 22.1 Å². The molecule has 126 valence electrons. The first kappa shape index (κ1) is 19.1. The van der Waals surface area contributed by atoms with Crippen molar-refractivity contribution in [2.45, 2.75) is 44.7 Å². The van der Waals surface area contributed by atoms with Gasteiger partial charge in [0.05, 0.1) is 6.04 Å². The van der Waals surface area contributed by atoms with Gasteiger partial charge in [0.15, 0.2) is 6.61 Å². The van der Waals surface area contributed by atoms with Gasteiger partial charge < -0.3 is 9.29 Å². The molecule has 0 aliphatic carbocycles. The number of halogens is 4. The van der Waals surface area contributed by atoms with Crippen molar-refractivity contribution in [2.75, 3.05) is 6.61 Å². The van der Waals surface area contributed by atoms with Crippen LogP contribution in [0.1, 0.15) is 39.3 Å². The maximum absolute atomic E-state index is 13.4. The van der Waals surface area contributed by atoms with Gasteiger partial charge in [0.2, 0.25) is 0 Å². The highest BCUT2D eigenvalue weighted by atomic mass is 32.2. The molecular weight excluding hydrogens is 322 g/mol. The topological polar surface area (TPSA) is 44.3 Å². The minimum absolute atomic E-state index is 0.0929. The Morgan fingerprint density at radius 2 is 1.86 bits per heavy atom. The zero-order chi connectivity index (χ0) is 17.1. The van der Waals surface area contributed by atoms with Gasteiger partial charge in [-0.2, -0.15) is 13.2 Å². The van der Waals surface area contributed by atoms with E-state index in [1.165, 1.54) is 0 Å². The van der Waals surface area contributed by atoms with E-state index in [4.69, 9.17) is 4.74 Å². The molecule has 0 saturated carbocycles. The van der Waals surface area contributed by atoms with E-state index in [0.717, 1.165) is 18.2 Å². The average molecular weight is 341 g/mol. The van der Waals surface area contributed by atoms with Crippen LogP contribution in [-0.2, 0) is 11.4 Å². The van der Waals surface area contributed by atoms with Crippen LogP contribution >= 0.6 is 0 Å². The molecule has 2 unspecified atom stereocenters. The number of hydrogen-bond acceptors (Lipinski definition) is 3. The first-order valence-corrected chi connectivity index (χ1v) is 7.72. The van der Waals surface area contributed by atoms with Crippen molar-refractivity contribution >= 4 is 11.4 Å². The van der Waals surface area contributed by atoms with Gasteiger partial charge in [0.1, 0.15) is 16.3 Å². The van der Waals surface area contributed by atoms with E-state index in [2.05, 4.69) is 4.72 Å². The fourth-order valence-electron chi connectivity index (χ4n) is 1.55. The summed E-state index contributed by atoms with van der Waals surface area (Å²) in [5, 5.41) is 0. The molecule has 0 aliphatic heterocycles. The molecule has 0 amide bonds. The summed E-state index contributed by atoms with van der Waals surface area (Å²) in [6.07, 6.45) is -4.49. The van der Waals surface area contributed by atoms with Gasteiger partial charge >= 0.3 is 6.18 Å². The molecule has 0 spiro atoms. The van der Waals surface area contributed by atoms with Crippen molar-refractivity contribution in [2.24, 2.45) is 0 Å². The van der Waals surface area contributed by atoms with Crippen molar-refractivity contribution < 1.29 is 26.9 Å². The third-order valence-electron chi connectivity index (χ3n) is 2.67. The maximum Gasteiger partial charge on any atom is 0.422 e. The van der Waals surface area contributed by atoms with Crippen molar-refractivity contribution in [3.05, 3.63) is 29.6 Å². The molecule has 1 N–H and O–H groups in total. The largest absolute Gasteiger partial charge is 0.598 e. The second kappa shape index (κ2) is 7.06. The van der Waals surface area contributed by atoms with Gasteiger partial charge in [-0.15, -0.1) is 4.72 Å². The highest BCUT2D eigenvalue weighted by molar-refractivity contribution is 7.90. The Hall–Kier alpha value is -0.990. The number of hydrogen-bond donors (Lipinski definition) is 1. The quantitative estimate of drug-likeness (QED) is 0.653. The standard InChI is InChI=1S/C14H19F4NO2S/c1-9(19-22(20)13(2,3)4)11-7-10(15)5-6-12(11)21-8-14(16,17)18/h5-7,9,19H,8H2,1-4H3. The Balaban J connectivity index is 2.94. The van der Waals surface area contributed by atoms with E-state index in [1.54, 1.807) is 27.7 Å². The van der Waals surface area contributed by atoms with E-state index in [1.807, 2.05) is 0 Å². The molecule has 22 heavy (non-hydrogen) atoms. The number of rotatable bonds is 5. The summed E-state index contributed by atoms with van der Waals surface area (Å²) in [4.78, 5) is 0. The minimum atomic E-state index is -4.49. The highest BCUT2D eigenvalue weighted by Crippen LogP contribution is 2.29. The number of nitrogens with one attached hydrogen (secondary N) is 1. The van der Waals surface area contributed by atoms with Gasteiger partial charge in [0.25, 0.3) is 0 Å². The molecule has 0 saturated heterocycles. The lowest BCUT2D eigenvalue weighted by atomic mass is 10.1.